The van der Waals surface area contributed by atoms with Gasteiger partial charge in [-0.3, -0.25) is 0 Å². The molecule has 2 N–H and O–H groups in total. The Morgan fingerprint density at radius 3 is 2.00 bits per heavy atom. The summed E-state index contributed by atoms with van der Waals surface area (Å²) >= 11 is 0. The molecule has 3 rings (SSSR count). The molecule has 0 radical (unpaired) electrons. The van der Waals surface area contributed by atoms with Crippen molar-refractivity contribution in [2.24, 2.45) is 0 Å². The van der Waals surface area contributed by atoms with E-state index < -0.39 is 0 Å². The van der Waals surface area contributed by atoms with Crippen LogP contribution in [-0.2, 0) is 0 Å². The predicted molar refractivity (Wildman–Crippen MR) is 108 cm³/mol. The van der Waals surface area contributed by atoms with Gasteiger partial charge in [-0.15, -0.1) is 0 Å². The number of hydrogen-bond acceptors (Lipinski definition) is 7. The van der Waals surface area contributed by atoms with Crippen molar-refractivity contribution < 1.29 is 5.11 Å². The van der Waals surface area contributed by atoms with Gasteiger partial charge >= 0.3 is 0 Å². The van der Waals surface area contributed by atoms with Gasteiger partial charge in [0.2, 0.25) is 0 Å². The Morgan fingerprint density at radius 1 is 0.862 bits per heavy atom. The molecule has 0 amide bonds. The first-order valence-electron chi connectivity index (χ1n) is 9.01. The summed E-state index contributed by atoms with van der Waals surface area (Å²) in [7, 11) is 0. The summed E-state index contributed by atoms with van der Waals surface area (Å²) in [4.78, 5) is 2.28. The zero-order valence-corrected chi connectivity index (χ0v) is 16.2. The number of nitrogens with zero attached hydrogens (tertiary/aromatic N) is 5. The average molecular weight is 384 g/mol. The Balaban J connectivity index is 0.000000234. The topological polar surface area (TPSA) is 131 Å². The van der Waals surface area contributed by atoms with E-state index in [1.165, 1.54) is 18.2 Å². The van der Waals surface area contributed by atoms with E-state index >= 15 is 0 Å². The predicted octanol–water partition coefficient (Wildman–Crippen LogP) is 2.75. The molecule has 1 fully saturated rings. The highest BCUT2D eigenvalue weighted by Crippen LogP contribution is 2.23. The lowest BCUT2D eigenvalue weighted by atomic mass is 10.1. The van der Waals surface area contributed by atoms with Crippen LogP contribution in [0.5, 0.6) is 5.75 Å². The molecule has 7 heteroatoms. The van der Waals surface area contributed by atoms with E-state index in [1.54, 1.807) is 12.1 Å². The fraction of sp³-hybridized carbons (Fsp3) is 0.273. The molecule has 0 saturated carbocycles. The standard InChI is InChI=1S/C14H16N4.C8H4N2O/c1-10-9-18(11(2)8-17-10)14-4-3-12(6-15)13(5-14)7-16;9-4-6-1-2-8(11)3-7(6)5-10/h3-5,10-11,17H,8-9H2,1-2H3;1-3,11H/t10-,11+;/m1./s1. The summed E-state index contributed by atoms with van der Waals surface area (Å²) in [6, 6.07) is 18.1. The Labute approximate surface area is 170 Å². The van der Waals surface area contributed by atoms with E-state index in [9.17, 15) is 0 Å². The van der Waals surface area contributed by atoms with Crippen LogP contribution in [0, 0.1) is 45.3 Å². The first-order chi connectivity index (χ1) is 13.9. The lowest BCUT2D eigenvalue weighted by molar-refractivity contribution is 0.425. The van der Waals surface area contributed by atoms with Crippen molar-refractivity contribution in [2.45, 2.75) is 25.9 Å². The Kier molecular flexibility index (Phi) is 7.16. The second-order valence-electron chi connectivity index (χ2n) is 6.72. The van der Waals surface area contributed by atoms with Crippen LogP contribution in [0.25, 0.3) is 0 Å². The number of phenolic OH excluding ortho intramolecular Hbond substituents is 1. The van der Waals surface area contributed by atoms with Gasteiger partial charge in [-0.1, -0.05) is 0 Å². The van der Waals surface area contributed by atoms with Crippen molar-refractivity contribution in [3.63, 3.8) is 0 Å². The van der Waals surface area contributed by atoms with Crippen LogP contribution in [-0.4, -0.2) is 30.3 Å². The lowest BCUT2D eigenvalue weighted by Gasteiger charge is -2.39. The van der Waals surface area contributed by atoms with Gasteiger partial charge in [-0.05, 0) is 50.2 Å². The van der Waals surface area contributed by atoms with Crippen LogP contribution in [0.2, 0.25) is 0 Å². The third-order valence-electron chi connectivity index (χ3n) is 4.58. The Bertz CT molecular complexity index is 1050. The van der Waals surface area contributed by atoms with Crippen molar-refractivity contribution in [3.05, 3.63) is 58.7 Å². The third kappa shape index (κ3) is 5.24. The molecule has 1 aliphatic rings. The van der Waals surface area contributed by atoms with E-state index in [2.05, 4.69) is 30.1 Å². The molecule has 2 aromatic rings. The molecule has 7 nitrogen and oxygen atoms in total. The second-order valence-corrected chi connectivity index (χ2v) is 6.72. The number of piperazine rings is 1. The number of benzene rings is 2. The minimum Gasteiger partial charge on any atom is -0.508 e. The van der Waals surface area contributed by atoms with Crippen molar-refractivity contribution in [1.29, 1.82) is 21.0 Å². The normalized spacial score (nSPS) is 17.5. The van der Waals surface area contributed by atoms with E-state index in [1.807, 2.05) is 24.3 Å². The number of hydrogen-bond donors (Lipinski definition) is 2. The third-order valence-corrected chi connectivity index (χ3v) is 4.58. The molecule has 0 unspecified atom stereocenters. The number of nitrogens with one attached hydrogen (secondary N) is 1. The molecule has 144 valence electrons. The van der Waals surface area contributed by atoms with Gasteiger partial charge in [0.05, 0.1) is 22.3 Å². The monoisotopic (exact) mass is 384 g/mol. The van der Waals surface area contributed by atoms with Crippen molar-refractivity contribution in [3.8, 4) is 30.0 Å². The number of aromatic hydroxyl groups is 1. The Morgan fingerprint density at radius 2 is 1.41 bits per heavy atom. The first-order valence-corrected chi connectivity index (χ1v) is 9.01. The minimum atomic E-state index is 0.000509. The molecule has 1 aliphatic heterocycles. The summed E-state index contributed by atoms with van der Waals surface area (Å²) in [5.74, 6) is 0.000509. The minimum absolute atomic E-state index is 0.000509. The molecule has 2 aromatic carbocycles. The summed E-state index contributed by atoms with van der Waals surface area (Å²) in [6.45, 7) is 6.15. The zero-order valence-electron chi connectivity index (χ0n) is 16.2. The molecule has 0 aromatic heterocycles. The van der Waals surface area contributed by atoms with Gasteiger partial charge in [0.1, 0.15) is 30.0 Å². The molecule has 2 atom stereocenters. The van der Waals surface area contributed by atoms with Crippen LogP contribution in [0.15, 0.2) is 36.4 Å². The highest BCUT2D eigenvalue weighted by Gasteiger charge is 2.23. The molecule has 0 aliphatic carbocycles. The van der Waals surface area contributed by atoms with Crippen LogP contribution < -0.4 is 10.2 Å². The smallest absolute Gasteiger partial charge is 0.116 e. The molecule has 0 spiro atoms. The molecule has 1 heterocycles. The zero-order chi connectivity index (χ0) is 21.4. The molecular weight excluding hydrogens is 364 g/mol. The number of phenols is 1. The highest BCUT2D eigenvalue weighted by atomic mass is 16.3. The lowest BCUT2D eigenvalue weighted by Crippen LogP contribution is -2.54. The Hall–Kier alpha value is -4.04. The quantitative estimate of drug-likeness (QED) is 0.773. The van der Waals surface area contributed by atoms with Gasteiger partial charge in [-0.2, -0.15) is 21.0 Å². The maximum absolute atomic E-state index is 9.06. The second kappa shape index (κ2) is 9.77. The summed E-state index contributed by atoms with van der Waals surface area (Å²) in [6.07, 6.45) is 0. The van der Waals surface area contributed by atoms with Crippen LogP contribution in [0.1, 0.15) is 36.1 Å². The van der Waals surface area contributed by atoms with E-state index in [4.69, 9.17) is 26.2 Å². The number of rotatable bonds is 1. The van der Waals surface area contributed by atoms with Crippen molar-refractivity contribution in [1.82, 2.24) is 5.32 Å². The van der Waals surface area contributed by atoms with Crippen molar-refractivity contribution in [2.75, 3.05) is 18.0 Å². The first kappa shape index (κ1) is 21.3. The van der Waals surface area contributed by atoms with Gasteiger partial charge in [0.15, 0.2) is 0 Å². The average Bonchev–Trinajstić information content (AvgIpc) is 2.75. The van der Waals surface area contributed by atoms with E-state index in [0.717, 1.165) is 18.8 Å². The summed E-state index contributed by atoms with van der Waals surface area (Å²) < 4.78 is 0. The van der Waals surface area contributed by atoms with E-state index in [0.29, 0.717) is 23.2 Å². The molecule has 1 saturated heterocycles. The van der Waals surface area contributed by atoms with Crippen LogP contribution in [0.3, 0.4) is 0 Å². The fourth-order valence-electron chi connectivity index (χ4n) is 3.00. The van der Waals surface area contributed by atoms with Gasteiger partial charge < -0.3 is 15.3 Å². The maximum atomic E-state index is 9.06. The van der Waals surface area contributed by atoms with E-state index in [-0.39, 0.29) is 16.9 Å². The van der Waals surface area contributed by atoms with Crippen molar-refractivity contribution >= 4 is 5.69 Å². The SMILES string of the molecule is C[C@@H]1CN(c2ccc(C#N)c(C#N)c2)[C@@H](C)CN1.N#Cc1ccc(O)cc1C#N. The summed E-state index contributed by atoms with van der Waals surface area (Å²) in [5, 5.41) is 47.2. The van der Waals surface area contributed by atoms with Gasteiger partial charge in [-0.25, -0.2) is 0 Å². The van der Waals surface area contributed by atoms with Crippen LogP contribution >= 0.6 is 0 Å². The molecule has 29 heavy (non-hydrogen) atoms. The number of nitriles is 4. The van der Waals surface area contributed by atoms with Gasteiger partial charge in [0, 0.05) is 30.9 Å². The summed E-state index contributed by atoms with van der Waals surface area (Å²) in [5.41, 5.74) is 2.40. The van der Waals surface area contributed by atoms with Gasteiger partial charge in [0.25, 0.3) is 0 Å². The largest absolute Gasteiger partial charge is 0.508 e. The maximum Gasteiger partial charge on any atom is 0.116 e. The highest BCUT2D eigenvalue weighted by molar-refractivity contribution is 5.58. The fourth-order valence-corrected chi connectivity index (χ4v) is 3.00. The van der Waals surface area contributed by atoms with Crippen LogP contribution in [0.4, 0.5) is 5.69 Å². The molecule has 0 bridgehead atoms. The number of anilines is 1. The molecular formula is C22H20N6O.